The first-order valence-corrected chi connectivity index (χ1v) is 15.9. The number of aryl methyl sites for hydroxylation is 2. The zero-order valence-corrected chi connectivity index (χ0v) is 26.6. The highest BCUT2D eigenvalue weighted by Gasteiger charge is 2.21. The van der Waals surface area contributed by atoms with Crippen LogP contribution in [0.1, 0.15) is 16.7 Å². The van der Waals surface area contributed by atoms with Crippen LogP contribution in [0.15, 0.2) is 146 Å². The molecule has 0 N–H and O–H groups in total. The van der Waals surface area contributed by atoms with Crippen LogP contribution in [0.2, 0.25) is 0 Å². The highest BCUT2D eigenvalue weighted by molar-refractivity contribution is 6.28. The van der Waals surface area contributed by atoms with Crippen molar-refractivity contribution < 1.29 is 0 Å². The zero-order valence-electron chi connectivity index (χ0n) is 26.6. The lowest BCUT2D eigenvalue weighted by Gasteiger charge is -2.29. The van der Waals surface area contributed by atoms with Gasteiger partial charge in [0.25, 0.3) is 0 Å². The molecule has 0 unspecified atom stereocenters. The van der Waals surface area contributed by atoms with Gasteiger partial charge in [-0.3, -0.25) is 0 Å². The van der Waals surface area contributed by atoms with Crippen molar-refractivity contribution in [1.82, 2.24) is 0 Å². The van der Waals surface area contributed by atoms with Gasteiger partial charge in [0.2, 0.25) is 0 Å². The summed E-state index contributed by atoms with van der Waals surface area (Å²) in [6.45, 7) is 11.7. The Bertz CT molecular complexity index is 2340. The lowest BCUT2D eigenvalue weighted by Crippen LogP contribution is -2.11. The molecule has 0 atom stereocenters. The van der Waals surface area contributed by atoms with Gasteiger partial charge in [-0.15, -0.1) is 0 Å². The molecule has 0 aliphatic rings. The fourth-order valence-corrected chi connectivity index (χ4v) is 6.76. The summed E-state index contributed by atoms with van der Waals surface area (Å²) in [5, 5.41) is 16.6. The first kappa shape index (κ1) is 28.8. The molecule has 0 heterocycles. The minimum Gasteiger partial charge on any atom is -0.310 e. The summed E-state index contributed by atoms with van der Waals surface area (Å²) in [5.41, 5.74) is 9.88. The molecule has 4 heteroatoms. The van der Waals surface area contributed by atoms with Gasteiger partial charge in [-0.1, -0.05) is 83.9 Å². The summed E-state index contributed by atoms with van der Waals surface area (Å²) in [5.74, 6) is 0. The van der Waals surface area contributed by atoms with Crippen LogP contribution in [0.25, 0.3) is 37.2 Å². The second-order valence-corrected chi connectivity index (χ2v) is 12.2. The number of nitrogens with zero attached hydrogens (tertiary/aromatic N) is 4. The smallest absolute Gasteiger partial charge is 0.187 e. The van der Waals surface area contributed by atoms with Crippen molar-refractivity contribution in [2.45, 2.75) is 13.8 Å². The topological polar surface area (TPSA) is 34.6 Å². The first-order valence-electron chi connectivity index (χ1n) is 15.9. The third kappa shape index (κ3) is 4.85. The molecule has 0 fully saturated rings. The van der Waals surface area contributed by atoms with Crippen LogP contribution in [0.4, 0.5) is 39.8 Å². The predicted molar refractivity (Wildman–Crippen MR) is 200 cm³/mol. The summed E-state index contributed by atoms with van der Waals surface area (Å²) < 4.78 is 0. The Morgan fingerprint density at radius 1 is 0.479 bits per heavy atom. The maximum Gasteiger partial charge on any atom is 0.187 e. The standard InChI is InChI=1S/C44H30N4/c1-29-4-16-35(17-5-29)47(37-20-8-31(28-45)9-21-37)41-26-12-32-11-25-40-42(27-13-33-10-24-39(41)43(32)44(33)40)48(36-18-6-30(2)7-19-36)38-22-14-34(46-3)15-23-38/h4-27H,1-2H3. The van der Waals surface area contributed by atoms with E-state index < -0.39 is 0 Å². The molecular weight excluding hydrogens is 585 g/mol. The second-order valence-electron chi connectivity index (χ2n) is 12.2. The summed E-state index contributed by atoms with van der Waals surface area (Å²) in [6, 6.07) is 52.8. The summed E-state index contributed by atoms with van der Waals surface area (Å²) >= 11 is 0. The molecule has 0 bridgehead atoms. The molecule has 0 radical (unpaired) electrons. The summed E-state index contributed by atoms with van der Waals surface area (Å²) in [6.07, 6.45) is 0. The third-order valence-corrected chi connectivity index (χ3v) is 9.18. The number of rotatable bonds is 6. The molecule has 0 saturated heterocycles. The van der Waals surface area contributed by atoms with Gasteiger partial charge in [0.05, 0.1) is 29.6 Å². The molecule has 0 aliphatic heterocycles. The van der Waals surface area contributed by atoms with Gasteiger partial charge < -0.3 is 9.80 Å². The van der Waals surface area contributed by atoms with Gasteiger partial charge in [-0.05, 0) is 108 Å². The molecule has 8 rings (SSSR count). The molecule has 8 aromatic rings. The maximum absolute atomic E-state index is 9.49. The highest BCUT2D eigenvalue weighted by atomic mass is 15.1. The second kappa shape index (κ2) is 11.6. The Kier molecular flexibility index (Phi) is 6.98. The Hall–Kier alpha value is -6.62. The van der Waals surface area contributed by atoms with Crippen LogP contribution in [0.3, 0.4) is 0 Å². The first-order chi connectivity index (χ1) is 23.5. The average molecular weight is 615 g/mol. The van der Waals surface area contributed by atoms with E-state index >= 15 is 0 Å². The van der Waals surface area contributed by atoms with E-state index in [1.807, 2.05) is 48.5 Å². The molecule has 0 aliphatic carbocycles. The van der Waals surface area contributed by atoms with Gasteiger partial charge in [0, 0.05) is 33.5 Å². The Balaban J connectivity index is 1.39. The van der Waals surface area contributed by atoms with Crippen LogP contribution in [-0.4, -0.2) is 0 Å². The Morgan fingerprint density at radius 3 is 1.25 bits per heavy atom. The van der Waals surface area contributed by atoms with E-state index in [4.69, 9.17) is 6.57 Å². The molecule has 0 saturated carbocycles. The van der Waals surface area contributed by atoms with Crippen LogP contribution in [0, 0.1) is 31.8 Å². The molecule has 4 nitrogen and oxygen atoms in total. The van der Waals surface area contributed by atoms with Gasteiger partial charge in [0.15, 0.2) is 5.69 Å². The van der Waals surface area contributed by atoms with Crippen molar-refractivity contribution >= 4 is 72.1 Å². The number of benzene rings is 8. The molecule has 226 valence electrons. The highest BCUT2D eigenvalue weighted by Crippen LogP contribution is 2.47. The van der Waals surface area contributed by atoms with Crippen molar-refractivity contribution in [3.05, 3.63) is 174 Å². The SMILES string of the molecule is [C-]#[N+]c1ccc(N(c2ccc(C)cc2)c2ccc3ccc4c(N(c5ccc(C)cc5)c5ccc(C#N)cc5)ccc5ccc2c3c54)cc1. The van der Waals surface area contributed by atoms with Crippen LogP contribution >= 0.6 is 0 Å². The lowest BCUT2D eigenvalue weighted by atomic mass is 9.91. The van der Waals surface area contributed by atoms with E-state index in [1.165, 1.54) is 32.7 Å². The fourth-order valence-electron chi connectivity index (χ4n) is 6.76. The van der Waals surface area contributed by atoms with E-state index in [-0.39, 0.29) is 0 Å². The summed E-state index contributed by atoms with van der Waals surface area (Å²) in [7, 11) is 0. The quantitative estimate of drug-likeness (QED) is 0.138. The van der Waals surface area contributed by atoms with Crippen molar-refractivity contribution in [2.24, 2.45) is 0 Å². The lowest BCUT2D eigenvalue weighted by molar-refractivity contribution is 1.29. The normalized spacial score (nSPS) is 11.1. The third-order valence-electron chi connectivity index (χ3n) is 9.18. The number of hydrogen-bond donors (Lipinski definition) is 0. The minimum atomic E-state index is 0.617. The van der Waals surface area contributed by atoms with E-state index in [0.717, 1.165) is 44.9 Å². The predicted octanol–water partition coefficient (Wildman–Crippen LogP) is 12.6. The van der Waals surface area contributed by atoms with E-state index in [9.17, 15) is 5.26 Å². The zero-order chi connectivity index (χ0) is 32.8. The Labute approximate surface area is 280 Å². The Morgan fingerprint density at radius 2 is 0.854 bits per heavy atom. The van der Waals surface area contributed by atoms with Crippen LogP contribution in [-0.2, 0) is 0 Å². The van der Waals surface area contributed by atoms with Crippen molar-refractivity contribution in [1.29, 1.82) is 5.26 Å². The van der Waals surface area contributed by atoms with Gasteiger partial charge in [-0.25, -0.2) is 4.85 Å². The molecule has 0 amide bonds. The van der Waals surface area contributed by atoms with Crippen LogP contribution in [0.5, 0.6) is 0 Å². The van der Waals surface area contributed by atoms with E-state index in [0.29, 0.717) is 11.3 Å². The molecule has 48 heavy (non-hydrogen) atoms. The molecular formula is C44H30N4. The van der Waals surface area contributed by atoms with E-state index in [1.54, 1.807) is 0 Å². The molecule has 0 spiro atoms. The maximum atomic E-state index is 9.49. The van der Waals surface area contributed by atoms with Crippen molar-refractivity contribution in [2.75, 3.05) is 9.80 Å². The largest absolute Gasteiger partial charge is 0.310 e. The number of hydrogen-bond acceptors (Lipinski definition) is 3. The monoisotopic (exact) mass is 614 g/mol. The molecule has 8 aromatic carbocycles. The van der Waals surface area contributed by atoms with Crippen LogP contribution < -0.4 is 9.80 Å². The minimum absolute atomic E-state index is 0.617. The van der Waals surface area contributed by atoms with Gasteiger partial charge in [-0.2, -0.15) is 5.26 Å². The van der Waals surface area contributed by atoms with E-state index in [2.05, 4.69) is 132 Å². The summed E-state index contributed by atoms with van der Waals surface area (Å²) in [4.78, 5) is 8.20. The fraction of sp³-hybridized carbons (Fsp3) is 0.0455. The molecule has 0 aromatic heterocycles. The average Bonchev–Trinajstić information content (AvgIpc) is 3.14. The van der Waals surface area contributed by atoms with Crippen molar-refractivity contribution in [3.8, 4) is 6.07 Å². The van der Waals surface area contributed by atoms with Crippen molar-refractivity contribution in [3.63, 3.8) is 0 Å². The number of anilines is 6. The van der Waals surface area contributed by atoms with Gasteiger partial charge >= 0.3 is 0 Å². The van der Waals surface area contributed by atoms with Gasteiger partial charge in [0.1, 0.15) is 0 Å². The number of nitriles is 1.